The van der Waals surface area contributed by atoms with Crippen LogP contribution in [0.5, 0.6) is 5.75 Å². The molecule has 0 radical (unpaired) electrons. The number of aromatic nitrogens is 4. The highest BCUT2D eigenvalue weighted by molar-refractivity contribution is 9.10. The van der Waals surface area contributed by atoms with Gasteiger partial charge < -0.3 is 4.74 Å². The van der Waals surface area contributed by atoms with E-state index in [-0.39, 0.29) is 12.2 Å². The van der Waals surface area contributed by atoms with Crippen molar-refractivity contribution >= 4 is 44.2 Å². The van der Waals surface area contributed by atoms with Crippen LogP contribution in [0.15, 0.2) is 51.7 Å². The van der Waals surface area contributed by atoms with Crippen LogP contribution in [0.25, 0.3) is 16.7 Å². The van der Waals surface area contributed by atoms with Crippen molar-refractivity contribution in [2.45, 2.75) is 20.1 Å². The van der Waals surface area contributed by atoms with Gasteiger partial charge >= 0.3 is 0 Å². The topological polar surface area (TPSA) is 61.4 Å². The first-order valence-electron chi connectivity index (χ1n) is 8.03. The molecule has 0 aliphatic carbocycles. The Labute approximate surface area is 162 Å². The fraction of sp³-hybridized carbons (Fsp3) is 0.167. The fourth-order valence-electron chi connectivity index (χ4n) is 2.93. The van der Waals surface area contributed by atoms with Gasteiger partial charge in [-0.25, -0.2) is 0 Å². The zero-order valence-electron chi connectivity index (χ0n) is 13.8. The van der Waals surface area contributed by atoms with Gasteiger partial charge in [-0.15, -0.1) is 10.2 Å². The van der Waals surface area contributed by atoms with E-state index < -0.39 is 0 Å². The fourth-order valence-corrected chi connectivity index (χ4v) is 3.72. The summed E-state index contributed by atoms with van der Waals surface area (Å²) in [6.45, 7) is 2.62. The summed E-state index contributed by atoms with van der Waals surface area (Å²) in [6, 6.07) is 12.7. The number of hydrogen-bond donors (Lipinski definition) is 0. The van der Waals surface area contributed by atoms with E-state index >= 15 is 0 Å². The molecular weight excluding hydrogens is 420 g/mol. The predicted octanol–water partition coefficient (Wildman–Crippen LogP) is 4.06. The van der Waals surface area contributed by atoms with Gasteiger partial charge in [0.2, 0.25) is 5.78 Å². The molecule has 132 valence electrons. The quantitative estimate of drug-likeness (QED) is 0.487. The second-order valence-electron chi connectivity index (χ2n) is 5.68. The summed E-state index contributed by atoms with van der Waals surface area (Å²) in [4.78, 5) is 12.7. The normalized spacial score (nSPS) is 11.3. The minimum atomic E-state index is -0.0732. The van der Waals surface area contributed by atoms with Crippen LogP contribution < -0.4 is 10.3 Å². The summed E-state index contributed by atoms with van der Waals surface area (Å²) in [5, 5.41) is 9.70. The van der Waals surface area contributed by atoms with Crippen molar-refractivity contribution in [2.24, 2.45) is 0 Å². The van der Waals surface area contributed by atoms with Crippen LogP contribution in [0.3, 0.4) is 0 Å². The van der Waals surface area contributed by atoms with Crippen LogP contribution in [0.2, 0.25) is 5.02 Å². The number of halogens is 2. The highest BCUT2D eigenvalue weighted by Gasteiger charge is 2.16. The summed E-state index contributed by atoms with van der Waals surface area (Å²) in [7, 11) is 0. The van der Waals surface area contributed by atoms with E-state index in [0.717, 1.165) is 9.99 Å². The second kappa shape index (κ2) is 6.74. The van der Waals surface area contributed by atoms with Crippen molar-refractivity contribution < 1.29 is 4.74 Å². The molecule has 2 aromatic carbocycles. The number of rotatable bonds is 4. The van der Waals surface area contributed by atoms with E-state index in [2.05, 4.69) is 26.1 Å². The summed E-state index contributed by atoms with van der Waals surface area (Å²) < 4.78 is 10.1. The molecule has 0 saturated heterocycles. The average Bonchev–Trinajstić information content (AvgIpc) is 3.05. The van der Waals surface area contributed by atoms with Gasteiger partial charge in [0.1, 0.15) is 12.4 Å². The van der Waals surface area contributed by atoms with Gasteiger partial charge in [-0.05, 0) is 53.2 Å². The van der Waals surface area contributed by atoms with Crippen molar-refractivity contribution in [1.82, 2.24) is 19.2 Å². The molecule has 0 N–H and O–H groups in total. The predicted molar refractivity (Wildman–Crippen MR) is 104 cm³/mol. The van der Waals surface area contributed by atoms with E-state index in [9.17, 15) is 4.79 Å². The third-order valence-electron chi connectivity index (χ3n) is 4.14. The van der Waals surface area contributed by atoms with Crippen LogP contribution in [0.1, 0.15) is 12.7 Å². The number of fused-ring (bicyclic) bond motifs is 3. The molecule has 0 bridgehead atoms. The van der Waals surface area contributed by atoms with Crippen molar-refractivity contribution in [2.75, 3.05) is 0 Å². The molecule has 26 heavy (non-hydrogen) atoms. The molecule has 8 heteroatoms. The smallest absolute Gasteiger partial charge is 0.262 e. The van der Waals surface area contributed by atoms with E-state index in [1.165, 1.54) is 0 Å². The summed E-state index contributed by atoms with van der Waals surface area (Å²) in [5.74, 6) is 1.77. The molecule has 0 atom stereocenters. The Morgan fingerprint density at radius 2 is 2.00 bits per heavy atom. The largest absolute Gasteiger partial charge is 0.484 e. The number of nitrogens with zero attached hydrogens (tertiary/aromatic N) is 4. The van der Waals surface area contributed by atoms with Gasteiger partial charge in [-0.2, -0.15) is 0 Å². The molecule has 6 nitrogen and oxygen atoms in total. The van der Waals surface area contributed by atoms with Crippen LogP contribution in [0.4, 0.5) is 0 Å². The Morgan fingerprint density at radius 1 is 1.19 bits per heavy atom. The third kappa shape index (κ3) is 2.77. The Hall–Kier alpha value is -2.38. The van der Waals surface area contributed by atoms with Gasteiger partial charge in [0, 0.05) is 11.6 Å². The summed E-state index contributed by atoms with van der Waals surface area (Å²) >= 11 is 9.40. The zero-order valence-corrected chi connectivity index (χ0v) is 16.2. The highest BCUT2D eigenvalue weighted by Crippen LogP contribution is 2.28. The molecular formula is C18H14BrClN4O2. The SMILES string of the molecule is CCn1c(=O)c2ccccc2n2c(COc3ccc(Cl)cc3Br)nnc12. The lowest BCUT2D eigenvalue weighted by molar-refractivity contribution is 0.293. The minimum absolute atomic E-state index is 0.0732. The average molecular weight is 434 g/mol. The molecule has 0 spiro atoms. The Morgan fingerprint density at radius 3 is 2.77 bits per heavy atom. The van der Waals surface area contributed by atoms with Crippen molar-refractivity contribution in [3.63, 3.8) is 0 Å². The zero-order chi connectivity index (χ0) is 18.3. The number of benzene rings is 2. The highest BCUT2D eigenvalue weighted by atomic mass is 79.9. The Balaban J connectivity index is 1.84. The Kier molecular flexibility index (Phi) is 4.42. The second-order valence-corrected chi connectivity index (χ2v) is 6.97. The molecule has 4 rings (SSSR count). The van der Waals surface area contributed by atoms with Crippen LogP contribution in [-0.4, -0.2) is 19.2 Å². The van der Waals surface area contributed by atoms with E-state index in [4.69, 9.17) is 16.3 Å². The summed E-state index contributed by atoms with van der Waals surface area (Å²) in [6.07, 6.45) is 0. The number of hydrogen-bond acceptors (Lipinski definition) is 4. The maximum absolute atomic E-state index is 12.7. The first-order chi connectivity index (χ1) is 12.6. The standard InChI is InChI=1S/C18H14BrClN4O2/c1-2-23-17(25)12-5-3-4-6-14(12)24-16(21-22-18(23)24)10-26-15-8-7-11(20)9-13(15)19/h3-9H,2,10H2,1H3. The molecule has 0 aliphatic rings. The van der Waals surface area contributed by atoms with Gasteiger partial charge in [0.05, 0.1) is 15.4 Å². The molecule has 0 amide bonds. The monoisotopic (exact) mass is 432 g/mol. The number of aryl methyl sites for hydroxylation is 1. The number of ether oxygens (including phenoxy) is 1. The molecule has 0 aliphatic heterocycles. The van der Waals surface area contributed by atoms with Crippen LogP contribution in [0, 0.1) is 0 Å². The van der Waals surface area contributed by atoms with Gasteiger partial charge in [-0.3, -0.25) is 13.8 Å². The molecule has 2 aromatic heterocycles. The maximum atomic E-state index is 12.7. The lowest BCUT2D eigenvalue weighted by atomic mass is 10.2. The van der Waals surface area contributed by atoms with Crippen LogP contribution in [-0.2, 0) is 13.2 Å². The molecule has 0 unspecified atom stereocenters. The van der Waals surface area contributed by atoms with E-state index in [1.54, 1.807) is 22.8 Å². The number of para-hydroxylation sites is 1. The van der Waals surface area contributed by atoms with E-state index in [0.29, 0.717) is 34.3 Å². The van der Waals surface area contributed by atoms with Crippen molar-refractivity contribution in [1.29, 1.82) is 0 Å². The molecule has 0 saturated carbocycles. The van der Waals surface area contributed by atoms with Crippen molar-refractivity contribution in [3.8, 4) is 5.75 Å². The third-order valence-corrected chi connectivity index (χ3v) is 5.00. The van der Waals surface area contributed by atoms with Gasteiger partial charge in [0.25, 0.3) is 5.56 Å². The lowest BCUT2D eigenvalue weighted by Crippen LogP contribution is -2.22. The molecule has 0 fully saturated rings. The van der Waals surface area contributed by atoms with Gasteiger partial charge in [-0.1, -0.05) is 23.7 Å². The molecule has 2 heterocycles. The van der Waals surface area contributed by atoms with Crippen molar-refractivity contribution in [3.05, 3.63) is 68.1 Å². The first-order valence-corrected chi connectivity index (χ1v) is 9.20. The minimum Gasteiger partial charge on any atom is -0.484 e. The summed E-state index contributed by atoms with van der Waals surface area (Å²) in [5.41, 5.74) is 0.687. The van der Waals surface area contributed by atoms with E-state index in [1.807, 2.05) is 35.6 Å². The maximum Gasteiger partial charge on any atom is 0.262 e. The molecule has 4 aromatic rings. The first kappa shape index (κ1) is 17.1. The van der Waals surface area contributed by atoms with Crippen LogP contribution >= 0.6 is 27.5 Å². The van der Waals surface area contributed by atoms with Gasteiger partial charge in [0.15, 0.2) is 5.82 Å². The Bertz CT molecular complexity index is 1190. The lowest BCUT2D eigenvalue weighted by Gasteiger charge is -2.11.